The summed E-state index contributed by atoms with van der Waals surface area (Å²) in [5.74, 6) is 0.743. The Labute approximate surface area is 156 Å². The normalized spacial score (nSPS) is 12.4. The molecule has 0 nitrogen and oxygen atoms in total. The summed E-state index contributed by atoms with van der Waals surface area (Å²) in [6, 6.07) is 4.58. The fraction of sp³-hybridized carbons (Fsp3) is 0.500. The van der Waals surface area contributed by atoms with Crippen molar-refractivity contribution in [1.82, 2.24) is 0 Å². The lowest BCUT2D eigenvalue weighted by molar-refractivity contribution is 0.557. The van der Waals surface area contributed by atoms with Gasteiger partial charge in [0.2, 0.25) is 0 Å². The van der Waals surface area contributed by atoms with Gasteiger partial charge in [-0.05, 0) is 77.5 Å². The molecule has 0 aliphatic carbocycles. The van der Waals surface area contributed by atoms with Crippen LogP contribution >= 0.6 is 0 Å². The number of hydrogen-bond donors (Lipinski definition) is 0. The molecule has 0 saturated heterocycles. The molecule has 0 fully saturated rings. The van der Waals surface area contributed by atoms with Gasteiger partial charge in [0.05, 0.1) is 0 Å². The van der Waals surface area contributed by atoms with Crippen LogP contribution < -0.4 is 10.9 Å². The zero-order chi connectivity index (χ0) is 18.9. The minimum absolute atomic E-state index is 0.743. The van der Waals surface area contributed by atoms with Crippen LogP contribution in [0.1, 0.15) is 64.8 Å². The number of rotatable bonds is 5. The lowest BCUT2D eigenvalue weighted by atomic mass is 9.57. The van der Waals surface area contributed by atoms with Crippen LogP contribution in [0, 0.1) is 54.4 Å². The highest BCUT2D eigenvalue weighted by atomic mass is 14.2. The zero-order valence-corrected chi connectivity index (χ0v) is 17.7. The molecule has 1 radical (unpaired) electrons. The van der Waals surface area contributed by atoms with E-state index in [0.29, 0.717) is 0 Å². The van der Waals surface area contributed by atoms with E-state index in [-0.39, 0.29) is 0 Å². The fourth-order valence-electron chi connectivity index (χ4n) is 4.00. The fourth-order valence-corrected chi connectivity index (χ4v) is 4.00. The summed E-state index contributed by atoms with van der Waals surface area (Å²) in [4.78, 5) is 0. The third-order valence-electron chi connectivity index (χ3n) is 6.11. The summed E-state index contributed by atoms with van der Waals surface area (Å²) in [6.07, 6.45) is 2.44. The molecule has 2 rings (SSSR count). The first-order valence-electron chi connectivity index (χ1n) is 9.69. The van der Waals surface area contributed by atoms with Crippen LogP contribution in [-0.2, 0) is 6.42 Å². The first-order chi connectivity index (χ1) is 11.7. The van der Waals surface area contributed by atoms with Crippen molar-refractivity contribution in [3.05, 3.63) is 56.6 Å². The second-order valence-electron chi connectivity index (χ2n) is 8.07. The summed E-state index contributed by atoms with van der Waals surface area (Å²) >= 11 is 0. The van der Waals surface area contributed by atoms with Crippen molar-refractivity contribution in [2.24, 2.45) is 5.92 Å². The molecule has 0 spiro atoms. The maximum atomic E-state index is 2.42. The van der Waals surface area contributed by atoms with Gasteiger partial charge in [-0.2, -0.15) is 0 Å². The molecule has 2 aromatic carbocycles. The van der Waals surface area contributed by atoms with Crippen LogP contribution in [0.3, 0.4) is 0 Å². The Morgan fingerprint density at radius 1 is 0.760 bits per heavy atom. The van der Waals surface area contributed by atoms with Crippen LogP contribution in [-0.4, -0.2) is 7.28 Å². The topological polar surface area (TPSA) is 0 Å². The van der Waals surface area contributed by atoms with Gasteiger partial charge in [0.15, 0.2) is 7.28 Å². The zero-order valence-electron chi connectivity index (χ0n) is 17.7. The molecule has 0 amide bonds. The molecule has 1 unspecified atom stereocenters. The molecule has 0 aliphatic rings. The second-order valence-corrected chi connectivity index (χ2v) is 8.07. The largest absolute Gasteiger partial charge is 0.192 e. The predicted molar refractivity (Wildman–Crippen MR) is 114 cm³/mol. The standard InChI is InChI=1S/C24H34B/c1-10-14(2)13-22-18(6)20(8)24(21(9)19(22)7)25-23-16(4)11-15(3)12-17(23)5/h11-12,14H,10,13H2,1-9H3. The minimum atomic E-state index is 0.743. The van der Waals surface area contributed by atoms with Crippen LogP contribution in [0.5, 0.6) is 0 Å². The summed E-state index contributed by atoms with van der Waals surface area (Å²) in [7, 11) is 2.42. The van der Waals surface area contributed by atoms with E-state index in [1.165, 1.54) is 62.7 Å². The van der Waals surface area contributed by atoms with E-state index >= 15 is 0 Å². The molecule has 2 aromatic rings. The van der Waals surface area contributed by atoms with Crippen molar-refractivity contribution < 1.29 is 0 Å². The average molecular weight is 333 g/mol. The first kappa shape index (κ1) is 19.8. The molecular weight excluding hydrogens is 299 g/mol. The number of benzene rings is 2. The SMILES string of the molecule is CCC(C)Cc1c(C)c(C)c([B]c2c(C)cc(C)cc2C)c(C)c1C. The Bertz CT molecular complexity index is 731. The molecule has 1 heteroatoms. The maximum absolute atomic E-state index is 2.42. The second kappa shape index (κ2) is 7.81. The van der Waals surface area contributed by atoms with Crippen LogP contribution in [0.4, 0.5) is 0 Å². The molecule has 0 N–H and O–H groups in total. The summed E-state index contributed by atoms with van der Waals surface area (Å²) in [5.41, 5.74) is 14.3. The Balaban J connectivity index is 2.54. The quantitative estimate of drug-likeness (QED) is 0.669. The molecule has 0 aromatic heterocycles. The van der Waals surface area contributed by atoms with Crippen LogP contribution in [0.15, 0.2) is 12.1 Å². The highest BCUT2D eigenvalue weighted by molar-refractivity contribution is 6.69. The van der Waals surface area contributed by atoms with E-state index in [1.54, 1.807) is 5.56 Å². The van der Waals surface area contributed by atoms with E-state index in [2.05, 4.69) is 81.7 Å². The van der Waals surface area contributed by atoms with Crippen molar-refractivity contribution in [2.45, 2.75) is 75.2 Å². The molecule has 133 valence electrons. The maximum Gasteiger partial charge on any atom is 0.192 e. The molecular formula is C24H34B. The minimum Gasteiger partial charge on any atom is -0.0757 e. The number of hydrogen-bond acceptors (Lipinski definition) is 0. The van der Waals surface area contributed by atoms with Crippen molar-refractivity contribution in [2.75, 3.05) is 0 Å². The van der Waals surface area contributed by atoms with Gasteiger partial charge in [0.25, 0.3) is 0 Å². The molecule has 25 heavy (non-hydrogen) atoms. The summed E-state index contributed by atoms with van der Waals surface area (Å²) < 4.78 is 0. The van der Waals surface area contributed by atoms with Crippen LogP contribution in [0.25, 0.3) is 0 Å². The first-order valence-corrected chi connectivity index (χ1v) is 9.69. The van der Waals surface area contributed by atoms with E-state index in [4.69, 9.17) is 0 Å². The van der Waals surface area contributed by atoms with Gasteiger partial charge < -0.3 is 0 Å². The van der Waals surface area contributed by atoms with Gasteiger partial charge in [0.1, 0.15) is 0 Å². The molecule has 1 atom stereocenters. The van der Waals surface area contributed by atoms with Crippen molar-refractivity contribution in [1.29, 1.82) is 0 Å². The smallest absolute Gasteiger partial charge is 0.0757 e. The van der Waals surface area contributed by atoms with E-state index in [0.717, 1.165) is 5.92 Å². The van der Waals surface area contributed by atoms with Gasteiger partial charge >= 0.3 is 0 Å². The molecule has 0 aliphatic heterocycles. The average Bonchev–Trinajstić information content (AvgIpc) is 2.55. The van der Waals surface area contributed by atoms with E-state index in [1.807, 2.05) is 0 Å². The lowest BCUT2D eigenvalue weighted by Gasteiger charge is -2.23. The lowest BCUT2D eigenvalue weighted by Crippen LogP contribution is -2.36. The van der Waals surface area contributed by atoms with Gasteiger partial charge in [-0.25, -0.2) is 0 Å². The van der Waals surface area contributed by atoms with Gasteiger partial charge in [0, 0.05) is 0 Å². The van der Waals surface area contributed by atoms with Gasteiger partial charge in [-0.15, -0.1) is 0 Å². The molecule has 0 saturated carbocycles. The number of aryl methyl sites for hydroxylation is 3. The Morgan fingerprint density at radius 2 is 1.24 bits per heavy atom. The Morgan fingerprint density at radius 3 is 1.68 bits per heavy atom. The molecule has 0 heterocycles. The van der Waals surface area contributed by atoms with Crippen LogP contribution in [0.2, 0.25) is 0 Å². The third-order valence-corrected chi connectivity index (χ3v) is 6.11. The Kier molecular flexibility index (Phi) is 6.19. The highest BCUT2D eigenvalue weighted by Gasteiger charge is 2.18. The monoisotopic (exact) mass is 333 g/mol. The van der Waals surface area contributed by atoms with Gasteiger partial charge in [-0.3, -0.25) is 0 Å². The Hall–Kier alpha value is -1.50. The highest BCUT2D eigenvalue weighted by Crippen LogP contribution is 2.24. The van der Waals surface area contributed by atoms with Crippen molar-refractivity contribution >= 4 is 18.2 Å². The third kappa shape index (κ3) is 4.02. The van der Waals surface area contributed by atoms with Crippen molar-refractivity contribution in [3.63, 3.8) is 0 Å². The van der Waals surface area contributed by atoms with E-state index in [9.17, 15) is 0 Å². The van der Waals surface area contributed by atoms with Gasteiger partial charge in [-0.1, -0.05) is 71.1 Å². The summed E-state index contributed by atoms with van der Waals surface area (Å²) in [6.45, 7) is 20.5. The van der Waals surface area contributed by atoms with Crippen molar-refractivity contribution in [3.8, 4) is 0 Å². The predicted octanol–water partition coefficient (Wildman–Crippen LogP) is 5.09. The molecule has 0 bridgehead atoms. The van der Waals surface area contributed by atoms with E-state index < -0.39 is 0 Å². The summed E-state index contributed by atoms with van der Waals surface area (Å²) in [5, 5.41) is 0.